The van der Waals surface area contributed by atoms with E-state index >= 15 is 0 Å². The lowest BCUT2D eigenvalue weighted by Gasteiger charge is -2.50. The molecule has 1 atom stereocenters. The van der Waals surface area contributed by atoms with E-state index in [1.807, 2.05) is 18.2 Å². The maximum atomic E-state index is 13.6. The van der Waals surface area contributed by atoms with Crippen molar-refractivity contribution < 1.29 is 13.5 Å². The van der Waals surface area contributed by atoms with Crippen molar-refractivity contribution in [2.75, 3.05) is 13.1 Å². The van der Waals surface area contributed by atoms with E-state index < -0.39 is 5.92 Å². The van der Waals surface area contributed by atoms with Crippen molar-refractivity contribution in [2.24, 2.45) is 5.92 Å². The van der Waals surface area contributed by atoms with Gasteiger partial charge in [0.1, 0.15) is 16.1 Å². The summed E-state index contributed by atoms with van der Waals surface area (Å²) in [5.74, 6) is -0.878. The first kappa shape index (κ1) is 19.9. The molecule has 6 rings (SSSR count). The van der Waals surface area contributed by atoms with Crippen LogP contribution in [0.1, 0.15) is 49.5 Å². The number of likely N-dealkylation sites (tertiary alicyclic amines) is 1. The van der Waals surface area contributed by atoms with Gasteiger partial charge in [-0.2, -0.15) is 0 Å². The fourth-order valence-corrected chi connectivity index (χ4v) is 6.14. The molecular formula is C22H26F2IN3O. The molecular weight excluding hydrogens is 487 g/mol. The third-order valence-corrected chi connectivity index (χ3v) is 7.58. The Kier molecular flexibility index (Phi) is 5.19. The van der Waals surface area contributed by atoms with E-state index in [0.717, 1.165) is 34.4 Å². The van der Waals surface area contributed by atoms with E-state index in [0.29, 0.717) is 38.3 Å². The van der Waals surface area contributed by atoms with Gasteiger partial charge < -0.3 is 9.30 Å². The van der Waals surface area contributed by atoms with Gasteiger partial charge in [0.05, 0.1) is 6.61 Å². The van der Waals surface area contributed by atoms with Gasteiger partial charge in [-0.1, -0.05) is 30.3 Å². The van der Waals surface area contributed by atoms with Crippen molar-refractivity contribution in [3.63, 3.8) is 0 Å². The molecule has 29 heavy (non-hydrogen) atoms. The number of hydrogen-bond donors (Lipinski definition) is 0. The summed E-state index contributed by atoms with van der Waals surface area (Å²) in [6, 6.07) is 10.6. The number of hydrogen-bond acceptors (Lipinski definition) is 3. The molecule has 7 heteroatoms. The van der Waals surface area contributed by atoms with Crippen molar-refractivity contribution in [2.45, 2.75) is 62.8 Å². The van der Waals surface area contributed by atoms with Crippen LogP contribution in [0.2, 0.25) is 0 Å². The summed E-state index contributed by atoms with van der Waals surface area (Å²) in [4.78, 5) is 7.06. The van der Waals surface area contributed by atoms with Crippen molar-refractivity contribution in [3.05, 3.63) is 51.6 Å². The number of fused-ring (bicyclic) bond motifs is 1. The van der Waals surface area contributed by atoms with E-state index in [9.17, 15) is 8.78 Å². The molecule has 4 fully saturated rings. The Hall–Kier alpha value is -1.06. The summed E-state index contributed by atoms with van der Waals surface area (Å²) in [5.41, 5.74) is 1.29. The molecule has 3 saturated carbocycles. The number of piperidine rings is 1. The van der Waals surface area contributed by atoms with Crippen LogP contribution in [-0.4, -0.2) is 39.0 Å². The Morgan fingerprint density at radius 1 is 1.07 bits per heavy atom. The molecule has 1 aromatic heterocycles. The van der Waals surface area contributed by atoms with Crippen LogP contribution in [0.3, 0.4) is 0 Å². The maximum absolute atomic E-state index is 13.6. The van der Waals surface area contributed by atoms with E-state index in [-0.39, 0.29) is 18.4 Å². The highest BCUT2D eigenvalue weighted by molar-refractivity contribution is 14.1. The van der Waals surface area contributed by atoms with Crippen LogP contribution in [-0.2, 0) is 18.0 Å². The Bertz CT molecular complexity index is 856. The SMILES string of the molecule is FC1(F)CCN(C23CC(C2)C(n2cc(I)nc2COCc2ccccc2)C3)CC1. The molecule has 2 heterocycles. The number of halogens is 3. The topological polar surface area (TPSA) is 30.3 Å². The third-order valence-electron chi connectivity index (χ3n) is 7.06. The van der Waals surface area contributed by atoms with Gasteiger partial charge in [-0.05, 0) is 53.3 Å². The summed E-state index contributed by atoms with van der Waals surface area (Å²) >= 11 is 2.27. The summed E-state index contributed by atoms with van der Waals surface area (Å²) in [5, 5.41) is 0. The quantitative estimate of drug-likeness (QED) is 0.508. The molecule has 1 aliphatic heterocycles. The largest absolute Gasteiger partial charge is 0.369 e. The molecule has 0 amide bonds. The Labute approximate surface area is 183 Å². The number of nitrogens with zero attached hydrogens (tertiary/aromatic N) is 3. The molecule has 0 spiro atoms. The highest BCUT2D eigenvalue weighted by Gasteiger charge is 2.60. The number of ether oxygens (including phenoxy) is 1. The van der Waals surface area contributed by atoms with Gasteiger partial charge in [-0.3, -0.25) is 4.90 Å². The second kappa shape index (κ2) is 7.57. The zero-order valence-corrected chi connectivity index (χ0v) is 18.5. The van der Waals surface area contributed by atoms with Gasteiger partial charge in [-0.15, -0.1) is 0 Å². The van der Waals surface area contributed by atoms with Crippen LogP contribution in [0.15, 0.2) is 36.5 Å². The number of imidazole rings is 1. The van der Waals surface area contributed by atoms with Gasteiger partial charge in [0.2, 0.25) is 0 Å². The van der Waals surface area contributed by atoms with Gasteiger partial charge in [-0.25, -0.2) is 13.8 Å². The second-order valence-corrected chi connectivity index (χ2v) is 9.98. The van der Waals surface area contributed by atoms with Crippen molar-refractivity contribution in [1.82, 2.24) is 14.5 Å². The lowest BCUT2D eigenvalue weighted by Crippen LogP contribution is -2.56. The fraction of sp³-hybridized carbons (Fsp3) is 0.591. The molecule has 4 aliphatic rings. The predicted octanol–water partition coefficient (Wildman–Crippen LogP) is 5.03. The van der Waals surface area contributed by atoms with Crippen LogP contribution in [0, 0.1) is 9.62 Å². The summed E-state index contributed by atoms with van der Waals surface area (Å²) in [6.07, 6.45) is 5.44. The van der Waals surface area contributed by atoms with E-state index in [4.69, 9.17) is 9.72 Å². The van der Waals surface area contributed by atoms with Crippen LogP contribution in [0.4, 0.5) is 8.78 Å². The van der Waals surface area contributed by atoms with Crippen LogP contribution < -0.4 is 0 Å². The number of aromatic nitrogens is 2. The minimum absolute atomic E-state index is 0.00559. The number of benzene rings is 1. The first-order chi connectivity index (χ1) is 13.9. The first-order valence-corrected chi connectivity index (χ1v) is 11.5. The van der Waals surface area contributed by atoms with Gasteiger partial charge >= 0.3 is 0 Å². The molecule has 156 valence electrons. The molecule has 0 N–H and O–H groups in total. The predicted molar refractivity (Wildman–Crippen MR) is 115 cm³/mol. The van der Waals surface area contributed by atoms with Crippen LogP contribution in [0.5, 0.6) is 0 Å². The number of alkyl halides is 2. The smallest absolute Gasteiger partial charge is 0.250 e. The third kappa shape index (κ3) is 3.85. The van der Waals surface area contributed by atoms with E-state index in [1.54, 1.807) is 0 Å². The lowest BCUT2D eigenvalue weighted by atomic mass is 9.74. The molecule has 1 saturated heterocycles. The molecule has 3 aliphatic carbocycles. The Balaban J connectivity index is 1.24. The van der Waals surface area contributed by atoms with Gasteiger partial charge in [0.15, 0.2) is 0 Å². The highest BCUT2D eigenvalue weighted by atomic mass is 127. The Morgan fingerprint density at radius 3 is 2.52 bits per heavy atom. The monoisotopic (exact) mass is 513 g/mol. The van der Waals surface area contributed by atoms with Crippen LogP contribution in [0.25, 0.3) is 0 Å². The standard InChI is InChI=1S/C22H26F2IN3O/c23-22(24)6-8-27(9-7-22)21-10-17(11-21)18(12-21)28-13-19(25)26-20(28)15-29-14-16-4-2-1-3-5-16/h1-5,13,17-18H,6-12,14-15H2. The molecule has 0 radical (unpaired) electrons. The molecule has 1 aromatic carbocycles. The van der Waals surface area contributed by atoms with Crippen molar-refractivity contribution in [3.8, 4) is 0 Å². The fourth-order valence-electron chi connectivity index (χ4n) is 5.56. The molecule has 2 aromatic rings. The number of rotatable bonds is 6. The lowest BCUT2D eigenvalue weighted by molar-refractivity contribution is -0.0912. The van der Waals surface area contributed by atoms with Gasteiger partial charge in [0.25, 0.3) is 5.92 Å². The van der Waals surface area contributed by atoms with E-state index in [2.05, 4.69) is 50.4 Å². The molecule has 4 nitrogen and oxygen atoms in total. The zero-order valence-electron chi connectivity index (χ0n) is 16.4. The zero-order chi connectivity index (χ0) is 20.1. The minimum atomic E-state index is -2.47. The first-order valence-electron chi connectivity index (χ1n) is 10.4. The van der Waals surface area contributed by atoms with Crippen molar-refractivity contribution >= 4 is 22.6 Å². The van der Waals surface area contributed by atoms with Gasteiger partial charge in [0, 0.05) is 43.7 Å². The van der Waals surface area contributed by atoms with E-state index in [1.165, 1.54) is 0 Å². The average Bonchev–Trinajstić information content (AvgIpc) is 3.33. The highest BCUT2D eigenvalue weighted by Crippen LogP contribution is 2.61. The summed E-state index contributed by atoms with van der Waals surface area (Å²) in [7, 11) is 0. The maximum Gasteiger partial charge on any atom is 0.250 e. The average molecular weight is 513 g/mol. The van der Waals surface area contributed by atoms with Crippen molar-refractivity contribution in [1.29, 1.82) is 0 Å². The summed E-state index contributed by atoms with van der Waals surface area (Å²) in [6.45, 7) is 2.12. The Morgan fingerprint density at radius 2 is 1.79 bits per heavy atom. The van der Waals surface area contributed by atoms with Crippen LogP contribution >= 0.6 is 22.6 Å². The second-order valence-electron chi connectivity index (χ2n) is 8.87. The normalized spacial score (nSPS) is 31.0. The molecule has 2 bridgehead atoms. The summed E-state index contributed by atoms with van der Waals surface area (Å²) < 4.78 is 36.4. The molecule has 1 unspecified atom stereocenters. The minimum Gasteiger partial charge on any atom is -0.369 e.